The monoisotopic (exact) mass is 380 g/mol. The van der Waals surface area contributed by atoms with Crippen molar-refractivity contribution in [3.05, 3.63) is 0 Å². The minimum atomic E-state index is -4.76. The molecule has 1 fully saturated rings. The molecule has 5 atom stereocenters. The molecular weight excluding hydrogens is 367 g/mol. The van der Waals surface area contributed by atoms with Crippen LogP contribution in [-0.2, 0) is 18.6 Å². The maximum Gasteiger partial charge on any atom is 0.469 e. The number of aliphatic imine (C=N–C) groups is 3. The standard InChI is InChI=1S/C10H13N4O8PS/c15-5-4(1-21-23(18,19)20)22-7(6(5)16)14-3-13-10(24)8(14)11-2-12-9(10)17/h2-7,15-16,24H,1H2,(H2,18,19,20)/t4-,5-,6-,7-,10?/m1/s1. The van der Waals surface area contributed by atoms with Gasteiger partial charge < -0.3 is 24.7 Å². The van der Waals surface area contributed by atoms with Crippen molar-refractivity contribution in [1.82, 2.24) is 4.90 Å². The van der Waals surface area contributed by atoms with Crippen LogP contribution in [0.5, 0.6) is 0 Å². The summed E-state index contributed by atoms with van der Waals surface area (Å²) in [6.07, 6.45) is -3.23. The normalized spacial score (nSPS) is 38.6. The van der Waals surface area contributed by atoms with E-state index in [9.17, 15) is 19.6 Å². The number of ether oxygens (including phenoxy) is 1. The second-order valence-corrected chi connectivity index (χ2v) is 7.05. The number of amides is 1. The first-order valence-corrected chi connectivity index (χ1v) is 8.54. The Morgan fingerprint density at radius 3 is 2.79 bits per heavy atom. The summed E-state index contributed by atoms with van der Waals surface area (Å²) in [5, 5.41) is 20.1. The molecule has 1 amide bonds. The zero-order valence-corrected chi connectivity index (χ0v) is 13.6. The molecule has 0 aliphatic carbocycles. The highest BCUT2D eigenvalue weighted by molar-refractivity contribution is 7.83. The minimum Gasteiger partial charge on any atom is -0.387 e. The summed E-state index contributed by atoms with van der Waals surface area (Å²) >= 11 is 4.15. The Morgan fingerprint density at radius 2 is 2.12 bits per heavy atom. The van der Waals surface area contributed by atoms with Gasteiger partial charge in [-0.1, -0.05) is 0 Å². The molecule has 3 aliphatic rings. The lowest BCUT2D eigenvalue weighted by Gasteiger charge is -2.29. The van der Waals surface area contributed by atoms with Crippen molar-refractivity contribution in [2.75, 3.05) is 6.61 Å². The molecule has 1 unspecified atom stereocenters. The van der Waals surface area contributed by atoms with Gasteiger partial charge in [0.25, 0.3) is 5.91 Å². The molecule has 3 aliphatic heterocycles. The number of phosphoric ester groups is 1. The quantitative estimate of drug-likeness (QED) is 0.260. The molecule has 12 nitrogen and oxygen atoms in total. The van der Waals surface area contributed by atoms with Crippen LogP contribution in [0.1, 0.15) is 0 Å². The van der Waals surface area contributed by atoms with Crippen LogP contribution in [0.2, 0.25) is 0 Å². The highest BCUT2D eigenvalue weighted by atomic mass is 32.1. The summed E-state index contributed by atoms with van der Waals surface area (Å²) in [7, 11) is -4.76. The number of aliphatic hydroxyl groups is 2. The Hall–Kier alpha value is -1.18. The van der Waals surface area contributed by atoms with E-state index in [1.807, 2.05) is 0 Å². The summed E-state index contributed by atoms with van der Waals surface area (Å²) in [4.78, 5) is 40.1. The molecule has 0 bridgehead atoms. The highest BCUT2D eigenvalue weighted by Gasteiger charge is 2.54. The summed E-state index contributed by atoms with van der Waals surface area (Å²) in [5.74, 6) is -0.650. The molecule has 14 heteroatoms. The lowest BCUT2D eigenvalue weighted by Crippen LogP contribution is -2.51. The van der Waals surface area contributed by atoms with E-state index < -0.39 is 49.7 Å². The average molecular weight is 380 g/mol. The van der Waals surface area contributed by atoms with Gasteiger partial charge in [0.05, 0.1) is 12.9 Å². The molecule has 0 aromatic carbocycles. The number of hydrogen-bond acceptors (Lipinski definition) is 10. The maximum absolute atomic E-state index is 11.8. The first kappa shape index (κ1) is 17.6. The Bertz CT molecular complexity index is 694. The van der Waals surface area contributed by atoms with Gasteiger partial charge in [-0.2, -0.15) is 4.99 Å². The van der Waals surface area contributed by atoms with Crippen LogP contribution in [0.25, 0.3) is 0 Å². The molecule has 132 valence electrons. The summed E-state index contributed by atoms with van der Waals surface area (Å²) in [5.41, 5.74) is 0. The van der Waals surface area contributed by atoms with Crippen molar-refractivity contribution in [2.24, 2.45) is 15.0 Å². The second-order valence-electron chi connectivity index (χ2n) is 5.16. The van der Waals surface area contributed by atoms with Crippen LogP contribution in [0, 0.1) is 0 Å². The molecule has 24 heavy (non-hydrogen) atoms. The van der Waals surface area contributed by atoms with Crippen molar-refractivity contribution in [3.63, 3.8) is 0 Å². The van der Waals surface area contributed by atoms with Crippen LogP contribution in [-0.4, -0.2) is 85.3 Å². The Morgan fingerprint density at radius 1 is 1.42 bits per heavy atom. The molecule has 4 N–H and O–H groups in total. The third-order valence-corrected chi connectivity index (χ3v) is 4.59. The predicted molar refractivity (Wildman–Crippen MR) is 81.7 cm³/mol. The van der Waals surface area contributed by atoms with Gasteiger partial charge in [-0.25, -0.2) is 14.5 Å². The molecule has 0 aromatic heterocycles. The number of carbonyl (C=O) groups excluding carboxylic acids is 1. The highest BCUT2D eigenvalue weighted by Crippen LogP contribution is 2.38. The van der Waals surface area contributed by atoms with Crippen molar-refractivity contribution >= 4 is 44.9 Å². The zero-order chi connectivity index (χ0) is 17.7. The summed E-state index contributed by atoms with van der Waals surface area (Å²) < 4.78 is 20.4. The van der Waals surface area contributed by atoms with Gasteiger partial charge in [-0.05, 0) is 0 Å². The summed E-state index contributed by atoms with van der Waals surface area (Å²) in [6, 6.07) is 0. The number of amidine groups is 1. The summed E-state index contributed by atoms with van der Waals surface area (Å²) in [6.45, 7) is -0.650. The van der Waals surface area contributed by atoms with E-state index in [2.05, 4.69) is 32.1 Å². The average Bonchev–Trinajstić information content (AvgIpc) is 2.97. The van der Waals surface area contributed by atoms with Crippen molar-refractivity contribution in [3.8, 4) is 0 Å². The van der Waals surface area contributed by atoms with Gasteiger partial charge in [-0.3, -0.25) is 14.2 Å². The minimum absolute atomic E-state index is 0.0265. The number of hydrogen-bond donors (Lipinski definition) is 5. The SMILES string of the molecule is O=C1N=CN=C2N([C@@H]3O[C@H](COP(=O)(O)O)[C@@H](O)[C@H]3O)C=NC12S. The van der Waals surface area contributed by atoms with Crippen LogP contribution in [0.4, 0.5) is 0 Å². The number of carbonyl (C=O) groups is 1. The Kier molecular flexibility index (Phi) is 4.38. The van der Waals surface area contributed by atoms with Gasteiger partial charge in [0.1, 0.15) is 24.7 Å². The fourth-order valence-corrected chi connectivity index (χ4v) is 3.05. The van der Waals surface area contributed by atoms with E-state index in [1.165, 1.54) is 4.90 Å². The topological polar surface area (TPSA) is 174 Å². The van der Waals surface area contributed by atoms with Crippen LogP contribution in [0.3, 0.4) is 0 Å². The fourth-order valence-electron chi connectivity index (χ4n) is 2.43. The van der Waals surface area contributed by atoms with Gasteiger partial charge in [0.15, 0.2) is 12.1 Å². The van der Waals surface area contributed by atoms with E-state index in [4.69, 9.17) is 14.5 Å². The van der Waals surface area contributed by atoms with Crippen molar-refractivity contribution in [1.29, 1.82) is 0 Å². The number of nitrogens with zero attached hydrogens (tertiary/aromatic N) is 4. The Labute approximate surface area is 140 Å². The third kappa shape index (κ3) is 2.93. The lowest BCUT2D eigenvalue weighted by atomic mass is 10.1. The van der Waals surface area contributed by atoms with E-state index in [0.717, 1.165) is 12.7 Å². The fraction of sp³-hybridized carbons (Fsp3) is 0.600. The molecule has 3 heterocycles. The number of rotatable bonds is 4. The predicted octanol–water partition coefficient (Wildman–Crippen LogP) is -2.52. The molecule has 0 radical (unpaired) electrons. The Balaban J connectivity index is 1.77. The smallest absolute Gasteiger partial charge is 0.387 e. The maximum atomic E-state index is 11.8. The van der Waals surface area contributed by atoms with E-state index in [1.54, 1.807) is 0 Å². The molecule has 0 saturated carbocycles. The molecule has 0 aromatic rings. The van der Waals surface area contributed by atoms with Gasteiger partial charge in [0, 0.05) is 0 Å². The molecule has 1 saturated heterocycles. The molecule has 3 rings (SSSR count). The van der Waals surface area contributed by atoms with E-state index in [-0.39, 0.29) is 5.84 Å². The van der Waals surface area contributed by atoms with Gasteiger partial charge >= 0.3 is 7.82 Å². The van der Waals surface area contributed by atoms with Crippen LogP contribution >= 0.6 is 20.5 Å². The third-order valence-electron chi connectivity index (χ3n) is 3.60. The van der Waals surface area contributed by atoms with E-state index >= 15 is 0 Å². The molecular formula is C10H13N4O8PS. The van der Waals surface area contributed by atoms with Gasteiger partial charge in [-0.15, -0.1) is 12.6 Å². The number of thiol groups is 1. The number of fused-ring (bicyclic) bond motifs is 1. The van der Waals surface area contributed by atoms with Crippen LogP contribution in [0.15, 0.2) is 15.0 Å². The number of aliphatic hydroxyl groups excluding tert-OH is 2. The molecule has 0 spiro atoms. The van der Waals surface area contributed by atoms with E-state index in [0.29, 0.717) is 0 Å². The second kappa shape index (κ2) is 5.97. The lowest BCUT2D eigenvalue weighted by molar-refractivity contribution is -0.118. The zero-order valence-electron chi connectivity index (χ0n) is 11.8. The van der Waals surface area contributed by atoms with Gasteiger partial charge in [0.2, 0.25) is 4.87 Å². The first-order valence-electron chi connectivity index (χ1n) is 6.56. The largest absolute Gasteiger partial charge is 0.469 e. The first-order chi connectivity index (χ1) is 11.1. The van der Waals surface area contributed by atoms with Crippen LogP contribution < -0.4 is 0 Å². The van der Waals surface area contributed by atoms with Crippen molar-refractivity contribution in [2.45, 2.75) is 29.4 Å². The van der Waals surface area contributed by atoms with Crippen molar-refractivity contribution < 1.29 is 38.6 Å². The number of phosphoric acid groups is 1.